The topological polar surface area (TPSA) is 63.2 Å². The molecule has 0 aromatic heterocycles. The lowest BCUT2D eigenvalue weighted by Crippen LogP contribution is -2.35. The Hall–Kier alpha value is -0.580. The van der Waals surface area contributed by atoms with Gasteiger partial charge in [0.05, 0.1) is 5.25 Å². The third-order valence-electron chi connectivity index (χ3n) is 1.20. The minimum atomic E-state index is -3.41. The molecule has 0 aliphatic carbocycles. The first kappa shape index (κ1) is 10.4. The van der Waals surface area contributed by atoms with Crippen molar-refractivity contribution in [3.63, 3.8) is 0 Å². The Bertz CT molecular complexity index is 230. The van der Waals surface area contributed by atoms with Crippen LogP contribution in [0.3, 0.4) is 0 Å². The number of carbonyl (C=O) groups is 1. The van der Waals surface area contributed by atoms with Crippen LogP contribution < -0.4 is 4.72 Å². The summed E-state index contributed by atoms with van der Waals surface area (Å²) in [4.78, 5) is 10.6. The van der Waals surface area contributed by atoms with Gasteiger partial charge in [-0.15, -0.1) is 0 Å². The Labute approximate surface area is 67.0 Å². The van der Waals surface area contributed by atoms with E-state index < -0.39 is 21.2 Å². The van der Waals surface area contributed by atoms with E-state index in [4.69, 9.17) is 0 Å². The maximum Gasteiger partial charge on any atom is 0.237 e. The van der Waals surface area contributed by atoms with Gasteiger partial charge in [-0.2, -0.15) is 0 Å². The summed E-state index contributed by atoms with van der Waals surface area (Å²) in [6.45, 7) is 4.64. The van der Waals surface area contributed by atoms with Crippen molar-refractivity contribution in [1.29, 1.82) is 0 Å². The molecule has 0 heterocycles. The van der Waals surface area contributed by atoms with Crippen LogP contribution in [-0.2, 0) is 14.8 Å². The van der Waals surface area contributed by atoms with E-state index in [2.05, 4.69) is 0 Å². The molecule has 5 heteroatoms. The maximum atomic E-state index is 11.0. The average molecular weight is 179 g/mol. The fourth-order valence-corrected chi connectivity index (χ4v) is 1.05. The molecule has 0 bridgehead atoms. The molecule has 0 saturated heterocycles. The normalized spacial score (nSPS) is 11.6. The van der Waals surface area contributed by atoms with Crippen molar-refractivity contribution in [1.82, 2.24) is 4.72 Å². The summed E-state index contributed by atoms with van der Waals surface area (Å²) >= 11 is 0. The molecule has 0 unspecified atom stereocenters. The molecule has 1 N–H and O–H groups in total. The molecule has 0 rings (SSSR count). The molecule has 4 nitrogen and oxygen atoms in total. The van der Waals surface area contributed by atoms with Gasteiger partial charge < -0.3 is 0 Å². The predicted octanol–water partition coefficient (Wildman–Crippen LogP) is 0.251. The Morgan fingerprint density at radius 1 is 1.45 bits per heavy atom. The Morgan fingerprint density at radius 2 is 1.91 bits per heavy atom. The monoisotopic (exact) mass is 179 g/mol. The molecule has 66 valence electrons. The molecule has 0 radical (unpaired) electrons. The van der Waals surface area contributed by atoms with Crippen molar-refractivity contribution >= 4 is 15.9 Å². The first-order valence-corrected chi connectivity index (χ1v) is 4.99. The van der Waals surface area contributed by atoms with E-state index in [1.54, 1.807) is 6.92 Å². The van der Waals surface area contributed by atoms with Crippen LogP contribution in [0, 0.1) is 0 Å². The van der Waals surface area contributed by atoms with Gasteiger partial charge in [0.25, 0.3) is 0 Å². The maximum absolute atomic E-state index is 11.0. The minimum Gasteiger partial charge on any atom is -0.274 e. The van der Waals surface area contributed by atoms with Gasteiger partial charge in [-0.05, 0) is 13.8 Å². The van der Waals surface area contributed by atoms with Gasteiger partial charge in [0.15, 0.2) is 0 Å². The molecule has 0 spiro atoms. The van der Waals surface area contributed by atoms with Gasteiger partial charge in [0.1, 0.15) is 0 Å². The lowest BCUT2D eigenvalue weighted by molar-refractivity contribution is -0.119. The highest BCUT2D eigenvalue weighted by atomic mass is 32.2. The molecule has 0 aliphatic rings. The standard InChI is InChI=1S/C6H13NO3S/c1-4-6(8)7-11(9,10)5(2)3/h5H,4H2,1-3H3,(H,7,8). The number of hydrogen-bond donors (Lipinski definition) is 1. The fraction of sp³-hybridized carbons (Fsp3) is 0.833. The van der Waals surface area contributed by atoms with Crippen molar-refractivity contribution in [3.8, 4) is 0 Å². The van der Waals surface area contributed by atoms with Crippen molar-refractivity contribution in [3.05, 3.63) is 0 Å². The van der Waals surface area contributed by atoms with E-state index in [0.29, 0.717) is 0 Å². The van der Waals surface area contributed by atoms with Crippen molar-refractivity contribution < 1.29 is 13.2 Å². The number of amides is 1. The number of sulfonamides is 1. The van der Waals surface area contributed by atoms with E-state index >= 15 is 0 Å². The summed E-state index contributed by atoms with van der Waals surface area (Å²) in [5.41, 5.74) is 0. The van der Waals surface area contributed by atoms with Crippen LogP contribution in [0.2, 0.25) is 0 Å². The lowest BCUT2D eigenvalue weighted by Gasteiger charge is -2.07. The van der Waals surface area contributed by atoms with Gasteiger partial charge in [-0.25, -0.2) is 8.42 Å². The SMILES string of the molecule is CCC(=O)NS(=O)(=O)C(C)C. The molecule has 0 saturated carbocycles. The van der Waals surface area contributed by atoms with E-state index in [9.17, 15) is 13.2 Å². The van der Waals surface area contributed by atoms with Gasteiger partial charge in [-0.3, -0.25) is 9.52 Å². The Morgan fingerprint density at radius 3 is 2.18 bits per heavy atom. The zero-order valence-electron chi connectivity index (χ0n) is 6.92. The zero-order valence-corrected chi connectivity index (χ0v) is 7.73. The first-order chi connectivity index (χ1) is 4.90. The van der Waals surface area contributed by atoms with Gasteiger partial charge in [-0.1, -0.05) is 6.92 Å². The van der Waals surface area contributed by atoms with Crippen LogP contribution in [0.4, 0.5) is 0 Å². The van der Waals surface area contributed by atoms with Crippen LogP contribution >= 0.6 is 0 Å². The zero-order chi connectivity index (χ0) is 9.07. The summed E-state index contributed by atoms with van der Waals surface area (Å²) in [5, 5.41) is -0.557. The van der Waals surface area contributed by atoms with E-state index in [-0.39, 0.29) is 6.42 Å². The lowest BCUT2D eigenvalue weighted by atomic mass is 10.5. The second-order valence-corrected chi connectivity index (χ2v) is 4.71. The van der Waals surface area contributed by atoms with Crippen LogP contribution in [0.15, 0.2) is 0 Å². The largest absolute Gasteiger partial charge is 0.274 e. The number of nitrogens with one attached hydrogen (secondary N) is 1. The fourth-order valence-electron chi connectivity index (χ4n) is 0.349. The Balaban J connectivity index is 4.27. The van der Waals surface area contributed by atoms with Crippen molar-refractivity contribution in [2.24, 2.45) is 0 Å². The molecule has 1 amide bonds. The second-order valence-electron chi connectivity index (χ2n) is 2.47. The summed E-state index contributed by atoms with van der Waals surface area (Å²) in [6.07, 6.45) is 0.186. The summed E-state index contributed by atoms with van der Waals surface area (Å²) in [7, 11) is -3.41. The smallest absolute Gasteiger partial charge is 0.237 e. The molecular formula is C6H13NO3S. The second kappa shape index (κ2) is 3.71. The third-order valence-corrected chi connectivity index (χ3v) is 2.95. The molecule has 0 aromatic carbocycles. The highest BCUT2D eigenvalue weighted by molar-refractivity contribution is 7.90. The van der Waals surface area contributed by atoms with E-state index in [0.717, 1.165) is 0 Å². The molecular weight excluding hydrogens is 166 g/mol. The molecule has 0 aliphatic heterocycles. The summed E-state index contributed by atoms with van der Waals surface area (Å²) < 4.78 is 23.9. The van der Waals surface area contributed by atoms with Gasteiger partial charge >= 0.3 is 0 Å². The number of rotatable bonds is 3. The van der Waals surface area contributed by atoms with Crippen molar-refractivity contribution in [2.75, 3.05) is 0 Å². The van der Waals surface area contributed by atoms with Crippen molar-refractivity contribution in [2.45, 2.75) is 32.4 Å². The van der Waals surface area contributed by atoms with Gasteiger partial charge in [0.2, 0.25) is 15.9 Å². The quantitative estimate of drug-likeness (QED) is 0.675. The van der Waals surface area contributed by atoms with Crippen LogP contribution in [0.1, 0.15) is 27.2 Å². The number of carbonyl (C=O) groups excluding carboxylic acids is 1. The minimum absolute atomic E-state index is 0.186. The Kier molecular flexibility index (Phi) is 3.51. The highest BCUT2D eigenvalue weighted by Gasteiger charge is 2.17. The molecule has 11 heavy (non-hydrogen) atoms. The number of hydrogen-bond acceptors (Lipinski definition) is 3. The molecule has 0 fully saturated rings. The predicted molar refractivity (Wildman–Crippen MR) is 42.5 cm³/mol. The van der Waals surface area contributed by atoms with Crippen LogP contribution in [0.25, 0.3) is 0 Å². The summed E-state index contributed by atoms with van der Waals surface area (Å²) in [5.74, 6) is -0.460. The average Bonchev–Trinajstić information content (AvgIpc) is 1.86. The van der Waals surface area contributed by atoms with E-state index in [1.165, 1.54) is 13.8 Å². The van der Waals surface area contributed by atoms with Gasteiger partial charge in [0, 0.05) is 6.42 Å². The first-order valence-electron chi connectivity index (χ1n) is 3.44. The van der Waals surface area contributed by atoms with Crippen LogP contribution in [0.5, 0.6) is 0 Å². The van der Waals surface area contributed by atoms with Crippen LogP contribution in [-0.4, -0.2) is 19.6 Å². The third kappa shape index (κ3) is 3.36. The van der Waals surface area contributed by atoms with E-state index in [1.807, 2.05) is 4.72 Å². The summed E-state index contributed by atoms with van der Waals surface area (Å²) in [6, 6.07) is 0. The molecule has 0 aromatic rings. The molecule has 0 atom stereocenters. The highest BCUT2D eigenvalue weighted by Crippen LogP contribution is 1.95.